The highest BCUT2D eigenvalue weighted by atomic mass is 35.5. The summed E-state index contributed by atoms with van der Waals surface area (Å²) in [5.41, 5.74) is 8.46. The largest absolute Gasteiger partial charge is 0.338 e. The van der Waals surface area contributed by atoms with E-state index in [0.717, 1.165) is 22.2 Å². The minimum atomic E-state index is -0.474. The van der Waals surface area contributed by atoms with Gasteiger partial charge in [0.25, 0.3) is 0 Å². The summed E-state index contributed by atoms with van der Waals surface area (Å²) < 4.78 is 0. The number of nitrogens with zero attached hydrogens (tertiary/aromatic N) is 4. The summed E-state index contributed by atoms with van der Waals surface area (Å²) in [6.45, 7) is 4.29. The third-order valence-electron chi connectivity index (χ3n) is 4.96. The molecule has 1 aliphatic heterocycles. The molecule has 1 aromatic heterocycles. The Morgan fingerprint density at radius 2 is 1.79 bits per heavy atom. The van der Waals surface area contributed by atoms with Crippen molar-refractivity contribution in [2.75, 3.05) is 31.1 Å². The molecule has 7 heteroatoms. The van der Waals surface area contributed by atoms with Gasteiger partial charge in [0.05, 0.1) is 17.3 Å². The van der Waals surface area contributed by atoms with E-state index < -0.39 is 6.04 Å². The molecule has 0 aliphatic carbocycles. The summed E-state index contributed by atoms with van der Waals surface area (Å²) in [6, 6.07) is 15.2. The first-order valence-electron chi connectivity index (χ1n) is 9.35. The molecule has 2 N–H and O–H groups in total. The maximum atomic E-state index is 12.1. The van der Waals surface area contributed by atoms with E-state index in [2.05, 4.69) is 4.90 Å². The zero-order chi connectivity index (χ0) is 19.7. The predicted molar refractivity (Wildman–Crippen MR) is 112 cm³/mol. The Hall–Kier alpha value is -2.70. The first kappa shape index (κ1) is 18.7. The Bertz CT molecular complexity index is 1000. The molecule has 6 nitrogen and oxygen atoms in total. The van der Waals surface area contributed by atoms with Crippen LogP contribution < -0.4 is 10.6 Å². The fraction of sp³-hybridized carbons (Fsp3) is 0.286. The number of hydrogen-bond donors (Lipinski definition) is 1. The molecule has 1 aliphatic rings. The van der Waals surface area contributed by atoms with Gasteiger partial charge in [0.15, 0.2) is 0 Å². The molecular formula is C21H22ClN5O. The number of aromatic nitrogens is 2. The van der Waals surface area contributed by atoms with Gasteiger partial charge in [-0.05, 0) is 25.1 Å². The van der Waals surface area contributed by atoms with Crippen molar-refractivity contribution in [1.82, 2.24) is 14.9 Å². The van der Waals surface area contributed by atoms with Crippen LogP contribution in [0.5, 0.6) is 0 Å². The van der Waals surface area contributed by atoms with Gasteiger partial charge in [0.2, 0.25) is 11.9 Å². The van der Waals surface area contributed by atoms with Crippen molar-refractivity contribution in [3.8, 4) is 11.3 Å². The van der Waals surface area contributed by atoms with Crippen LogP contribution in [0.3, 0.4) is 0 Å². The second-order valence-corrected chi connectivity index (χ2v) is 7.44. The second-order valence-electron chi connectivity index (χ2n) is 7.00. The Morgan fingerprint density at radius 3 is 2.46 bits per heavy atom. The van der Waals surface area contributed by atoms with Crippen molar-refractivity contribution in [1.29, 1.82) is 0 Å². The van der Waals surface area contributed by atoms with Gasteiger partial charge in [-0.25, -0.2) is 9.97 Å². The molecule has 0 spiro atoms. The first-order chi connectivity index (χ1) is 13.5. The molecule has 2 aromatic carbocycles. The number of carbonyl (C=O) groups is 1. The van der Waals surface area contributed by atoms with E-state index in [4.69, 9.17) is 27.3 Å². The number of halogens is 1. The number of carbonyl (C=O) groups excluding carboxylic acids is 1. The smallest absolute Gasteiger partial charge is 0.239 e. The topological polar surface area (TPSA) is 75.4 Å². The number of hydrogen-bond acceptors (Lipinski definition) is 5. The normalized spacial score (nSPS) is 15.7. The van der Waals surface area contributed by atoms with E-state index in [9.17, 15) is 4.79 Å². The monoisotopic (exact) mass is 395 g/mol. The number of fused-ring (bicyclic) bond motifs is 1. The van der Waals surface area contributed by atoms with E-state index in [1.807, 2.05) is 48.5 Å². The van der Waals surface area contributed by atoms with Crippen molar-refractivity contribution in [2.24, 2.45) is 5.73 Å². The molecule has 144 valence electrons. The summed E-state index contributed by atoms with van der Waals surface area (Å²) in [4.78, 5) is 25.7. The minimum absolute atomic E-state index is 0.0151. The molecule has 0 radical (unpaired) electrons. The van der Waals surface area contributed by atoms with Crippen molar-refractivity contribution >= 4 is 34.4 Å². The van der Waals surface area contributed by atoms with Crippen LogP contribution in [-0.2, 0) is 4.79 Å². The zero-order valence-corrected chi connectivity index (χ0v) is 16.4. The van der Waals surface area contributed by atoms with Gasteiger partial charge in [-0.1, -0.05) is 41.9 Å². The van der Waals surface area contributed by atoms with E-state index in [-0.39, 0.29) is 5.91 Å². The Labute approximate surface area is 168 Å². The lowest BCUT2D eigenvalue weighted by Gasteiger charge is -2.35. The van der Waals surface area contributed by atoms with E-state index in [1.54, 1.807) is 11.8 Å². The van der Waals surface area contributed by atoms with Crippen LogP contribution in [0.1, 0.15) is 6.92 Å². The standard InChI is InChI=1S/C21H22ClN5O/c1-14(23)20(28)26-9-11-27(12-10-26)21-24-18-8-7-16(22)13-17(18)19(25-21)15-5-3-2-4-6-15/h2-8,13-14H,9-12,23H2,1H3. The number of benzene rings is 2. The Kier molecular flexibility index (Phi) is 5.15. The van der Waals surface area contributed by atoms with Gasteiger partial charge >= 0.3 is 0 Å². The van der Waals surface area contributed by atoms with Crippen LogP contribution in [-0.4, -0.2) is 53.0 Å². The maximum Gasteiger partial charge on any atom is 0.239 e. The third-order valence-corrected chi connectivity index (χ3v) is 5.19. The lowest BCUT2D eigenvalue weighted by molar-refractivity contribution is -0.132. The van der Waals surface area contributed by atoms with Gasteiger partial charge in [-0.3, -0.25) is 4.79 Å². The summed E-state index contributed by atoms with van der Waals surface area (Å²) in [6.07, 6.45) is 0. The molecule has 1 atom stereocenters. The quantitative estimate of drug-likeness (QED) is 0.737. The minimum Gasteiger partial charge on any atom is -0.338 e. The maximum absolute atomic E-state index is 12.1. The Balaban J connectivity index is 1.69. The number of anilines is 1. The van der Waals surface area contributed by atoms with Crippen LogP contribution in [0.15, 0.2) is 48.5 Å². The predicted octanol–water partition coefficient (Wildman–Crippen LogP) is 2.95. The average molecular weight is 396 g/mol. The molecule has 1 fully saturated rings. The number of piperazine rings is 1. The highest BCUT2D eigenvalue weighted by Crippen LogP contribution is 2.30. The summed E-state index contributed by atoms with van der Waals surface area (Å²) in [5, 5.41) is 1.58. The van der Waals surface area contributed by atoms with E-state index in [1.165, 1.54) is 0 Å². The zero-order valence-electron chi connectivity index (χ0n) is 15.7. The van der Waals surface area contributed by atoms with Crippen molar-refractivity contribution in [3.63, 3.8) is 0 Å². The van der Waals surface area contributed by atoms with Crippen LogP contribution in [0.4, 0.5) is 5.95 Å². The van der Waals surface area contributed by atoms with Crippen LogP contribution in [0.2, 0.25) is 5.02 Å². The SMILES string of the molecule is CC(N)C(=O)N1CCN(c2nc(-c3ccccc3)c3cc(Cl)ccc3n2)CC1. The first-order valence-corrected chi connectivity index (χ1v) is 9.73. The summed E-state index contributed by atoms with van der Waals surface area (Å²) in [7, 11) is 0. The van der Waals surface area contributed by atoms with Crippen molar-refractivity contribution in [2.45, 2.75) is 13.0 Å². The molecule has 0 bridgehead atoms. The number of amides is 1. The van der Waals surface area contributed by atoms with Gasteiger partial charge in [0, 0.05) is 42.2 Å². The summed E-state index contributed by atoms with van der Waals surface area (Å²) >= 11 is 6.22. The molecule has 1 amide bonds. The lowest BCUT2D eigenvalue weighted by atomic mass is 10.1. The molecule has 28 heavy (non-hydrogen) atoms. The fourth-order valence-electron chi connectivity index (χ4n) is 3.46. The number of nitrogens with two attached hydrogens (primary N) is 1. The van der Waals surface area contributed by atoms with Crippen molar-refractivity contribution < 1.29 is 4.79 Å². The fourth-order valence-corrected chi connectivity index (χ4v) is 3.63. The van der Waals surface area contributed by atoms with Crippen LogP contribution >= 0.6 is 11.6 Å². The molecule has 2 heterocycles. The van der Waals surface area contributed by atoms with Gasteiger partial charge in [-0.15, -0.1) is 0 Å². The number of rotatable bonds is 3. The Morgan fingerprint density at radius 1 is 1.07 bits per heavy atom. The highest BCUT2D eigenvalue weighted by molar-refractivity contribution is 6.31. The van der Waals surface area contributed by atoms with Crippen LogP contribution in [0, 0.1) is 0 Å². The third kappa shape index (κ3) is 3.66. The average Bonchev–Trinajstić information content (AvgIpc) is 2.73. The van der Waals surface area contributed by atoms with E-state index in [0.29, 0.717) is 37.1 Å². The van der Waals surface area contributed by atoms with Crippen molar-refractivity contribution in [3.05, 3.63) is 53.6 Å². The molecular weight excluding hydrogens is 374 g/mol. The molecule has 3 aromatic rings. The molecule has 4 rings (SSSR count). The van der Waals surface area contributed by atoms with Crippen LogP contribution in [0.25, 0.3) is 22.2 Å². The van der Waals surface area contributed by atoms with Gasteiger partial charge < -0.3 is 15.5 Å². The van der Waals surface area contributed by atoms with Gasteiger partial charge in [-0.2, -0.15) is 0 Å². The second kappa shape index (κ2) is 7.73. The van der Waals surface area contributed by atoms with E-state index >= 15 is 0 Å². The molecule has 1 saturated heterocycles. The molecule has 1 unspecified atom stereocenters. The van der Waals surface area contributed by atoms with Gasteiger partial charge in [0.1, 0.15) is 0 Å². The lowest BCUT2D eigenvalue weighted by Crippen LogP contribution is -2.52. The summed E-state index contributed by atoms with van der Waals surface area (Å²) in [5.74, 6) is 0.653. The highest BCUT2D eigenvalue weighted by Gasteiger charge is 2.25. The molecule has 0 saturated carbocycles.